The van der Waals surface area contributed by atoms with Gasteiger partial charge in [0.15, 0.2) is 0 Å². The molecule has 30 heavy (non-hydrogen) atoms. The average Bonchev–Trinajstić information content (AvgIpc) is 2.76. The van der Waals surface area contributed by atoms with Gasteiger partial charge in [0.25, 0.3) is 0 Å². The summed E-state index contributed by atoms with van der Waals surface area (Å²) in [6.45, 7) is 4.77. The Morgan fingerprint density at radius 3 is 2.57 bits per heavy atom. The number of ether oxygens (including phenoxy) is 1. The van der Waals surface area contributed by atoms with E-state index in [1.807, 2.05) is 55.5 Å². The number of anilines is 4. The number of hydrogen-bond donors (Lipinski definition) is 2. The van der Waals surface area contributed by atoms with Gasteiger partial charge in [0.1, 0.15) is 0 Å². The van der Waals surface area contributed by atoms with Crippen molar-refractivity contribution in [3.05, 3.63) is 64.7 Å². The molecule has 154 valence electrons. The Labute approximate surface area is 180 Å². The van der Waals surface area contributed by atoms with Gasteiger partial charge in [-0.1, -0.05) is 41.4 Å². The molecule has 3 aromatic rings. The predicted octanol–water partition coefficient (Wildman–Crippen LogP) is 3.86. The van der Waals surface area contributed by atoms with Crippen LogP contribution in [0.1, 0.15) is 11.1 Å². The number of halogens is 1. The first-order valence-electron chi connectivity index (χ1n) is 9.63. The second-order valence-corrected chi connectivity index (χ2v) is 7.23. The molecule has 2 heterocycles. The number of aromatic nitrogens is 3. The van der Waals surface area contributed by atoms with Crippen LogP contribution in [-0.4, -0.2) is 47.5 Å². The van der Waals surface area contributed by atoms with Gasteiger partial charge in [-0.15, -0.1) is 0 Å². The molecule has 2 N–H and O–H groups in total. The summed E-state index contributed by atoms with van der Waals surface area (Å²) in [6.07, 6.45) is 1.66. The third kappa shape index (κ3) is 5.43. The zero-order valence-electron chi connectivity index (χ0n) is 16.5. The van der Waals surface area contributed by atoms with E-state index in [0.29, 0.717) is 36.1 Å². The summed E-state index contributed by atoms with van der Waals surface area (Å²) < 4.78 is 5.43. The van der Waals surface area contributed by atoms with Crippen LogP contribution in [0.25, 0.3) is 0 Å². The zero-order valence-corrected chi connectivity index (χ0v) is 17.3. The molecule has 2 aromatic carbocycles. The highest BCUT2D eigenvalue weighted by atomic mass is 35.5. The second kappa shape index (κ2) is 9.51. The Balaban J connectivity index is 1.56. The fourth-order valence-corrected chi connectivity index (χ4v) is 3.09. The number of nitrogens with zero attached hydrogens (tertiary/aromatic N) is 5. The molecule has 8 nitrogen and oxygen atoms in total. The Hall–Kier alpha value is -3.23. The van der Waals surface area contributed by atoms with Gasteiger partial charge in [0.05, 0.1) is 19.4 Å². The molecule has 4 rings (SSSR count). The highest BCUT2D eigenvalue weighted by molar-refractivity contribution is 6.30. The zero-order chi connectivity index (χ0) is 20.8. The molecule has 1 fully saturated rings. The third-order valence-electron chi connectivity index (χ3n) is 4.45. The molecule has 1 aliphatic rings. The van der Waals surface area contributed by atoms with E-state index >= 15 is 0 Å². The molecule has 0 bridgehead atoms. The van der Waals surface area contributed by atoms with Crippen LogP contribution in [0.15, 0.2) is 53.6 Å². The minimum Gasteiger partial charge on any atom is -0.378 e. The van der Waals surface area contributed by atoms with E-state index in [-0.39, 0.29) is 0 Å². The van der Waals surface area contributed by atoms with Gasteiger partial charge in [-0.25, -0.2) is 5.43 Å². The standard InChI is InChI=1S/C21H22ClN7O/c1-15-5-7-18(8-6-15)24-19-25-20(27-21(26-19)29-9-11-30-12-10-29)28-23-14-16-3-2-4-17(22)13-16/h2-8,13-14H,9-12H2,1H3,(H2,24,25,26,27,28). The van der Waals surface area contributed by atoms with E-state index in [0.717, 1.165) is 24.3 Å². The fraction of sp³-hybridized carbons (Fsp3) is 0.238. The van der Waals surface area contributed by atoms with Gasteiger partial charge in [-0.2, -0.15) is 20.1 Å². The number of hydrogen-bond acceptors (Lipinski definition) is 8. The molecule has 1 aliphatic heterocycles. The van der Waals surface area contributed by atoms with E-state index in [9.17, 15) is 0 Å². The van der Waals surface area contributed by atoms with Gasteiger partial charge in [-0.05, 0) is 36.8 Å². The molecule has 0 spiro atoms. The summed E-state index contributed by atoms with van der Waals surface area (Å²) in [5.41, 5.74) is 5.84. The molecule has 0 atom stereocenters. The Kier molecular flexibility index (Phi) is 6.36. The van der Waals surface area contributed by atoms with Crippen LogP contribution in [0.5, 0.6) is 0 Å². The van der Waals surface area contributed by atoms with Crippen LogP contribution in [0, 0.1) is 6.92 Å². The molecule has 0 radical (unpaired) electrons. The summed E-state index contributed by atoms with van der Waals surface area (Å²) in [4.78, 5) is 15.6. The van der Waals surface area contributed by atoms with Crippen molar-refractivity contribution in [3.8, 4) is 0 Å². The Bertz CT molecular complexity index is 1020. The minimum absolute atomic E-state index is 0.347. The van der Waals surface area contributed by atoms with Crippen LogP contribution in [0.4, 0.5) is 23.5 Å². The van der Waals surface area contributed by atoms with Crippen LogP contribution < -0.4 is 15.6 Å². The lowest BCUT2D eigenvalue weighted by atomic mass is 10.2. The summed E-state index contributed by atoms with van der Waals surface area (Å²) in [5.74, 6) is 1.36. The van der Waals surface area contributed by atoms with Crippen molar-refractivity contribution in [2.24, 2.45) is 5.10 Å². The lowest BCUT2D eigenvalue weighted by molar-refractivity contribution is 0.122. The minimum atomic E-state index is 0.347. The fourth-order valence-electron chi connectivity index (χ4n) is 2.89. The van der Waals surface area contributed by atoms with Gasteiger partial charge < -0.3 is 15.0 Å². The van der Waals surface area contributed by atoms with Crippen molar-refractivity contribution < 1.29 is 4.74 Å². The molecule has 0 unspecified atom stereocenters. The maximum atomic E-state index is 6.02. The molecule has 0 amide bonds. The van der Waals surface area contributed by atoms with E-state index in [1.54, 1.807) is 6.21 Å². The maximum absolute atomic E-state index is 6.02. The lowest BCUT2D eigenvalue weighted by Crippen LogP contribution is -2.37. The molecular formula is C21H22ClN7O. The van der Waals surface area contributed by atoms with E-state index in [2.05, 4.69) is 35.7 Å². The average molecular weight is 424 g/mol. The van der Waals surface area contributed by atoms with Crippen LogP contribution >= 0.6 is 11.6 Å². The number of aryl methyl sites for hydroxylation is 1. The second-order valence-electron chi connectivity index (χ2n) is 6.80. The van der Waals surface area contributed by atoms with Gasteiger partial charge in [0, 0.05) is 23.8 Å². The summed E-state index contributed by atoms with van der Waals surface area (Å²) in [7, 11) is 0. The first kappa shape index (κ1) is 20.1. The van der Waals surface area contributed by atoms with Crippen LogP contribution in [-0.2, 0) is 4.74 Å². The molecule has 1 saturated heterocycles. The summed E-state index contributed by atoms with van der Waals surface area (Å²) in [6, 6.07) is 15.4. The van der Waals surface area contributed by atoms with Gasteiger partial charge in [-0.3, -0.25) is 0 Å². The van der Waals surface area contributed by atoms with Crippen LogP contribution in [0.3, 0.4) is 0 Å². The number of rotatable bonds is 6. The van der Waals surface area contributed by atoms with Crippen molar-refractivity contribution in [3.63, 3.8) is 0 Å². The number of morpholine rings is 1. The summed E-state index contributed by atoms with van der Waals surface area (Å²) >= 11 is 6.02. The monoisotopic (exact) mass is 423 g/mol. The van der Waals surface area contributed by atoms with E-state index in [4.69, 9.17) is 16.3 Å². The van der Waals surface area contributed by atoms with Crippen molar-refractivity contribution >= 4 is 41.3 Å². The highest BCUT2D eigenvalue weighted by Gasteiger charge is 2.16. The Morgan fingerprint density at radius 2 is 1.80 bits per heavy atom. The van der Waals surface area contributed by atoms with Crippen molar-refractivity contribution in [1.29, 1.82) is 0 Å². The van der Waals surface area contributed by atoms with E-state index in [1.165, 1.54) is 5.56 Å². The molecular weight excluding hydrogens is 402 g/mol. The highest BCUT2D eigenvalue weighted by Crippen LogP contribution is 2.19. The smallest absolute Gasteiger partial charge is 0.250 e. The van der Waals surface area contributed by atoms with E-state index < -0.39 is 0 Å². The van der Waals surface area contributed by atoms with Crippen molar-refractivity contribution in [2.45, 2.75) is 6.92 Å². The Morgan fingerprint density at radius 1 is 1.03 bits per heavy atom. The molecule has 1 aromatic heterocycles. The molecule has 0 aliphatic carbocycles. The van der Waals surface area contributed by atoms with Gasteiger partial charge >= 0.3 is 0 Å². The quantitative estimate of drug-likeness (QED) is 0.459. The normalized spacial score (nSPS) is 14.1. The number of hydrazone groups is 1. The number of nitrogens with one attached hydrogen (secondary N) is 2. The first-order chi connectivity index (χ1) is 14.7. The first-order valence-corrected chi connectivity index (χ1v) is 10.0. The lowest BCUT2D eigenvalue weighted by Gasteiger charge is -2.27. The van der Waals surface area contributed by atoms with Crippen molar-refractivity contribution in [2.75, 3.05) is 41.9 Å². The molecule has 0 saturated carbocycles. The number of benzene rings is 2. The van der Waals surface area contributed by atoms with Crippen LogP contribution in [0.2, 0.25) is 5.02 Å². The summed E-state index contributed by atoms with van der Waals surface area (Å²) in [5, 5.41) is 8.13. The van der Waals surface area contributed by atoms with Crippen molar-refractivity contribution in [1.82, 2.24) is 15.0 Å². The predicted molar refractivity (Wildman–Crippen MR) is 120 cm³/mol. The SMILES string of the molecule is Cc1ccc(Nc2nc(NN=Cc3cccc(Cl)c3)nc(N3CCOCC3)n2)cc1. The largest absolute Gasteiger partial charge is 0.378 e. The third-order valence-corrected chi connectivity index (χ3v) is 4.69. The maximum Gasteiger partial charge on any atom is 0.250 e. The molecule has 9 heteroatoms. The van der Waals surface area contributed by atoms with Gasteiger partial charge in [0.2, 0.25) is 17.8 Å². The topological polar surface area (TPSA) is 87.6 Å².